The van der Waals surface area contributed by atoms with Crippen molar-refractivity contribution in [2.75, 3.05) is 0 Å². The van der Waals surface area contributed by atoms with Gasteiger partial charge >= 0.3 is 11.9 Å². The van der Waals surface area contributed by atoms with Gasteiger partial charge in [0.2, 0.25) is 0 Å². The van der Waals surface area contributed by atoms with Crippen molar-refractivity contribution >= 4 is 34.5 Å². The molecule has 3 N–H and O–H groups in total. The second-order valence-electron chi connectivity index (χ2n) is 5.84. The van der Waals surface area contributed by atoms with E-state index in [4.69, 9.17) is 10.5 Å². The van der Waals surface area contributed by atoms with Crippen LogP contribution in [0.25, 0.3) is 0 Å². The fraction of sp³-hybridized carbons (Fsp3) is 0.467. The van der Waals surface area contributed by atoms with Crippen molar-refractivity contribution < 1.29 is 19.4 Å². The third-order valence-electron chi connectivity index (χ3n) is 2.74. The highest BCUT2D eigenvalue weighted by Gasteiger charge is 2.36. The van der Waals surface area contributed by atoms with Gasteiger partial charge in [-0.05, 0) is 67.5 Å². The maximum Gasteiger partial charge on any atom is 0.322 e. The zero-order valence-electron chi connectivity index (χ0n) is 12.3. The van der Waals surface area contributed by atoms with Gasteiger partial charge < -0.3 is 15.6 Å². The largest absolute Gasteiger partial charge is 0.481 e. The number of carbonyl (C=O) groups excluding carboxylic acids is 1. The Balaban J connectivity index is 2.82. The Labute approximate surface area is 138 Å². The molecule has 2 atom stereocenters. The first-order chi connectivity index (χ1) is 9.60. The van der Waals surface area contributed by atoms with Crippen molar-refractivity contribution in [2.45, 2.75) is 38.8 Å². The van der Waals surface area contributed by atoms with Crippen LogP contribution >= 0.6 is 22.6 Å². The second-order valence-corrected chi connectivity index (χ2v) is 7.09. The first-order valence-electron chi connectivity index (χ1n) is 6.56. The van der Waals surface area contributed by atoms with Gasteiger partial charge in [0.1, 0.15) is 5.60 Å². The summed E-state index contributed by atoms with van der Waals surface area (Å²) in [6.07, 6.45) is 0.299. The van der Waals surface area contributed by atoms with Gasteiger partial charge in [0.25, 0.3) is 0 Å². The first kappa shape index (κ1) is 17.9. The number of hydrogen-bond acceptors (Lipinski definition) is 4. The van der Waals surface area contributed by atoms with E-state index in [0.29, 0.717) is 6.42 Å². The van der Waals surface area contributed by atoms with Gasteiger partial charge in [-0.3, -0.25) is 9.59 Å². The lowest BCUT2D eigenvalue weighted by Crippen LogP contribution is -2.45. The lowest BCUT2D eigenvalue weighted by Gasteiger charge is -2.25. The molecular formula is C15H20INO4. The second kappa shape index (κ2) is 7.22. The molecule has 116 valence electrons. The fourth-order valence-corrected chi connectivity index (χ4v) is 2.19. The molecule has 0 radical (unpaired) electrons. The van der Waals surface area contributed by atoms with E-state index in [1.54, 1.807) is 20.8 Å². The van der Waals surface area contributed by atoms with Crippen LogP contribution in [0.4, 0.5) is 0 Å². The summed E-state index contributed by atoms with van der Waals surface area (Å²) in [7, 11) is 0. The maximum absolute atomic E-state index is 12.0. The highest BCUT2D eigenvalue weighted by atomic mass is 127. The molecule has 0 aliphatic heterocycles. The van der Waals surface area contributed by atoms with Gasteiger partial charge in [0.15, 0.2) is 5.92 Å². The molecule has 0 fully saturated rings. The van der Waals surface area contributed by atoms with Crippen LogP contribution in [0.5, 0.6) is 0 Å². The van der Waals surface area contributed by atoms with Crippen LogP contribution < -0.4 is 5.73 Å². The summed E-state index contributed by atoms with van der Waals surface area (Å²) >= 11 is 2.18. The van der Waals surface area contributed by atoms with Gasteiger partial charge in [0, 0.05) is 9.61 Å². The number of rotatable bonds is 5. The number of nitrogens with two attached hydrogens (primary N) is 1. The molecule has 0 unspecified atom stereocenters. The molecule has 6 heteroatoms. The summed E-state index contributed by atoms with van der Waals surface area (Å²) in [4.78, 5) is 23.3. The number of carbonyl (C=O) groups is 2. The number of halogens is 1. The summed E-state index contributed by atoms with van der Waals surface area (Å²) in [5, 5.41) is 9.25. The van der Waals surface area contributed by atoms with Crippen molar-refractivity contribution in [3.8, 4) is 0 Å². The van der Waals surface area contributed by atoms with Crippen LogP contribution in [0, 0.1) is 9.49 Å². The van der Waals surface area contributed by atoms with Gasteiger partial charge in [-0.25, -0.2) is 0 Å². The third kappa shape index (κ3) is 6.01. The number of ether oxygens (including phenoxy) is 1. The summed E-state index contributed by atoms with van der Waals surface area (Å²) in [6, 6.07) is 6.72. The molecule has 0 aliphatic rings. The van der Waals surface area contributed by atoms with Gasteiger partial charge in [-0.1, -0.05) is 12.1 Å². The Morgan fingerprint density at radius 3 is 2.24 bits per heavy atom. The van der Waals surface area contributed by atoms with Crippen LogP contribution in [0.3, 0.4) is 0 Å². The summed E-state index contributed by atoms with van der Waals surface area (Å²) in [5.41, 5.74) is 6.07. The molecule has 0 bridgehead atoms. The number of esters is 1. The Hall–Kier alpha value is -1.15. The van der Waals surface area contributed by atoms with E-state index >= 15 is 0 Å². The van der Waals surface area contributed by atoms with Crippen molar-refractivity contribution in [1.82, 2.24) is 0 Å². The molecule has 5 nitrogen and oxygen atoms in total. The number of benzene rings is 1. The van der Waals surface area contributed by atoms with E-state index < -0.39 is 29.5 Å². The number of hydrogen-bond donors (Lipinski definition) is 2. The third-order valence-corrected chi connectivity index (χ3v) is 3.46. The van der Waals surface area contributed by atoms with Crippen molar-refractivity contribution in [3.05, 3.63) is 33.4 Å². The Morgan fingerprint density at radius 1 is 1.29 bits per heavy atom. The van der Waals surface area contributed by atoms with E-state index in [9.17, 15) is 14.7 Å². The Morgan fingerprint density at radius 2 is 1.81 bits per heavy atom. The van der Waals surface area contributed by atoms with E-state index in [1.807, 2.05) is 24.3 Å². The number of aliphatic carboxylic acids is 1. The normalized spacial score (nSPS) is 14.3. The number of carboxylic acids is 1. The molecule has 0 saturated carbocycles. The molecule has 1 rings (SSSR count). The highest BCUT2D eigenvalue weighted by molar-refractivity contribution is 14.1. The average Bonchev–Trinajstić information content (AvgIpc) is 2.29. The first-order valence-corrected chi connectivity index (χ1v) is 7.64. The number of carboxylic acid groups (broad SMARTS) is 1. The molecule has 0 aliphatic carbocycles. The topological polar surface area (TPSA) is 89.6 Å². The monoisotopic (exact) mass is 405 g/mol. The summed E-state index contributed by atoms with van der Waals surface area (Å²) < 4.78 is 6.21. The molecule has 0 saturated heterocycles. The minimum Gasteiger partial charge on any atom is -0.481 e. The lowest BCUT2D eigenvalue weighted by atomic mass is 9.94. The van der Waals surface area contributed by atoms with Gasteiger partial charge in [-0.2, -0.15) is 0 Å². The van der Waals surface area contributed by atoms with Crippen LogP contribution in [-0.2, 0) is 20.7 Å². The molecule has 21 heavy (non-hydrogen) atoms. The minimum atomic E-state index is -1.37. The van der Waals surface area contributed by atoms with Crippen molar-refractivity contribution in [2.24, 2.45) is 11.7 Å². The van der Waals surface area contributed by atoms with E-state index in [2.05, 4.69) is 22.6 Å². The van der Waals surface area contributed by atoms with E-state index in [1.165, 1.54) is 0 Å². The fourth-order valence-electron chi connectivity index (χ4n) is 1.83. The lowest BCUT2D eigenvalue weighted by molar-refractivity contribution is -0.167. The predicted octanol–water partition coefficient (Wildman–Crippen LogP) is 2.20. The van der Waals surface area contributed by atoms with Crippen LogP contribution in [0.15, 0.2) is 24.3 Å². The smallest absolute Gasteiger partial charge is 0.322 e. The molecular weight excluding hydrogens is 385 g/mol. The molecule has 0 heterocycles. The van der Waals surface area contributed by atoms with E-state index in [0.717, 1.165) is 9.13 Å². The zero-order chi connectivity index (χ0) is 16.2. The SMILES string of the molecule is CC(C)(C)OC(=O)[C@@H](C(=O)O)[C@H](N)Cc1ccc(I)cc1. The Kier molecular flexibility index (Phi) is 6.15. The van der Waals surface area contributed by atoms with Crippen LogP contribution in [0.1, 0.15) is 26.3 Å². The van der Waals surface area contributed by atoms with Crippen molar-refractivity contribution in [3.63, 3.8) is 0 Å². The maximum atomic E-state index is 12.0. The zero-order valence-corrected chi connectivity index (χ0v) is 14.5. The summed E-state index contributed by atoms with van der Waals surface area (Å²) in [6.45, 7) is 5.07. The van der Waals surface area contributed by atoms with E-state index in [-0.39, 0.29) is 0 Å². The predicted molar refractivity (Wildman–Crippen MR) is 87.8 cm³/mol. The highest BCUT2D eigenvalue weighted by Crippen LogP contribution is 2.17. The van der Waals surface area contributed by atoms with Gasteiger partial charge in [-0.15, -0.1) is 0 Å². The molecule has 1 aromatic rings. The average molecular weight is 405 g/mol. The minimum absolute atomic E-state index is 0.299. The Bertz CT molecular complexity index is 507. The summed E-state index contributed by atoms with van der Waals surface area (Å²) in [5.74, 6) is -3.43. The molecule has 0 aromatic heterocycles. The molecule has 0 spiro atoms. The van der Waals surface area contributed by atoms with Gasteiger partial charge in [0.05, 0.1) is 0 Å². The quantitative estimate of drug-likeness (QED) is 0.446. The van der Waals surface area contributed by atoms with Crippen LogP contribution in [-0.4, -0.2) is 28.7 Å². The molecule has 0 amide bonds. The molecule has 1 aromatic carbocycles. The standard InChI is InChI=1S/C15H20INO4/c1-15(2,3)21-14(20)12(13(18)19)11(17)8-9-4-6-10(16)7-5-9/h4-7,11-12H,8,17H2,1-3H3,(H,18,19)/t11-,12-/m1/s1. The van der Waals surface area contributed by atoms with Crippen molar-refractivity contribution in [1.29, 1.82) is 0 Å². The van der Waals surface area contributed by atoms with Crippen LogP contribution in [0.2, 0.25) is 0 Å².